The van der Waals surface area contributed by atoms with Crippen LogP contribution in [0.4, 0.5) is 0 Å². The lowest BCUT2D eigenvalue weighted by Gasteiger charge is -2.52. The fraction of sp³-hybridized carbons (Fsp3) is 0.917. The van der Waals surface area contributed by atoms with E-state index < -0.39 is 11.6 Å². The van der Waals surface area contributed by atoms with E-state index in [1.165, 1.54) is 6.08 Å². The first-order valence-electron chi connectivity index (χ1n) is 17.4. The Morgan fingerprint density at radius 3 is 2.22 bits per heavy atom. The normalized spacial score (nSPS) is 39.4. The lowest BCUT2D eigenvalue weighted by molar-refractivity contribution is -0.357. The quantitative estimate of drug-likeness (QED) is 0.219. The third-order valence-corrected chi connectivity index (χ3v) is 10.6. The van der Waals surface area contributed by atoms with Crippen LogP contribution in [-0.4, -0.2) is 86.7 Å². The molecule has 0 N–H and O–H groups in total. The maximum Gasteiger partial charge on any atom is 0.330 e. The van der Waals surface area contributed by atoms with Gasteiger partial charge in [0.05, 0.1) is 48.8 Å². The standard InChI is InChI=1S/C36H62O9/c1-21(15-16-27-18-28(38-10)17-22(2)40-27)33-25(5)34(45-36(8,9)44-33)24(4)31-20-30(42-35(6,7)43-31)23(3)29(39-11)19-26-13-12-14-32(37)41-26/h12,14,21-31,33-34H,13,15-20H2,1-11H3/t21-,22-,23+,24-,25-,26-,27-,28+,29-,30-,31+,33-,34-/m0/s1. The Hall–Kier alpha value is -1.07. The van der Waals surface area contributed by atoms with Crippen LogP contribution in [0, 0.1) is 23.7 Å². The monoisotopic (exact) mass is 638 g/mol. The van der Waals surface area contributed by atoms with Crippen molar-refractivity contribution in [1.82, 2.24) is 0 Å². The second-order valence-electron chi connectivity index (χ2n) is 15.2. The van der Waals surface area contributed by atoms with Gasteiger partial charge in [-0.3, -0.25) is 0 Å². The smallest absolute Gasteiger partial charge is 0.330 e. The number of ether oxygens (including phenoxy) is 8. The highest BCUT2D eigenvalue weighted by Crippen LogP contribution is 2.43. The van der Waals surface area contributed by atoms with Crippen molar-refractivity contribution < 1.29 is 42.7 Å². The van der Waals surface area contributed by atoms with E-state index in [2.05, 4.69) is 34.6 Å². The van der Waals surface area contributed by atoms with E-state index in [1.54, 1.807) is 14.2 Å². The SMILES string of the molecule is CO[C@H]1C[C@H](CC[C@H](C)[C@@H]2OC(C)(C)O[C@@H]([C@@H](C)[C@H]3C[C@@H]([C@H](C)[C@H](C[C@@H]4CC=CC(=O)O4)OC)OC(C)(C)O3)[C@H]2C)O[C@@H](C)C1. The van der Waals surface area contributed by atoms with Gasteiger partial charge >= 0.3 is 5.97 Å². The summed E-state index contributed by atoms with van der Waals surface area (Å²) in [6, 6.07) is 0. The molecule has 0 radical (unpaired) electrons. The topological polar surface area (TPSA) is 90.9 Å². The molecular formula is C36H62O9. The number of hydrogen-bond donors (Lipinski definition) is 0. The molecule has 9 heteroatoms. The Balaban J connectivity index is 1.42. The maximum absolute atomic E-state index is 11.8. The van der Waals surface area contributed by atoms with E-state index >= 15 is 0 Å². The molecule has 0 aromatic heterocycles. The van der Waals surface area contributed by atoms with E-state index in [1.807, 2.05) is 33.8 Å². The molecule has 0 aromatic rings. The van der Waals surface area contributed by atoms with Crippen molar-refractivity contribution in [3.63, 3.8) is 0 Å². The molecule has 0 amide bonds. The zero-order chi connectivity index (χ0) is 33.1. The summed E-state index contributed by atoms with van der Waals surface area (Å²) < 4.78 is 50.0. The highest BCUT2D eigenvalue weighted by Gasteiger charge is 2.50. The number of carbonyl (C=O) groups is 1. The molecule has 13 atom stereocenters. The van der Waals surface area contributed by atoms with Crippen LogP contribution in [0.25, 0.3) is 0 Å². The number of rotatable bonds is 12. The molecule has 0 spiro atoms. The van der Waals surface area contributed by atoms with Gasteiger partial charge in [-0.1, -0.05) is 33.8 Å². The van der Waals surface area contributed by atoms with Gasteiger partial charge in [-0.2, -0.15) is 0 Å². The van der Waals surface area contributed by atoms with Crippen molar-refractivity contribution in [3.8, 4) is 0 Å². The van der Waals surface area contributed by atoms with Crippen molar-refractivity contribution in [2.24, 2.45) is 23.7 Å². The number of methoxy groups -OCH3 is 2. The first-order chi connectivity index (χ1) is 21.1. The van der Waals surface area contributed by atoms with E-state index in [4.69, 9.17) is 37.9 Å². The Morgan fingerprint density at radius 2 is 1.56 bits per heavy atom. The van der Waals surface area contributed by atoms with Gasteiger partial charge in [0.1, 0.15) is 6.10 Å². The molecule has 3 saturated heterocycles. The number of cyclic esters (lactones) is 1. The molecule has 0 aromatic carbocycles. The third kappa shape index (κ3) is 9.74. The molecule has 0 bridgehead atoms. The first-order valence-corrected chi connectivity index (χ1v) is 17.4. The maximum atomic E-state index is 11.8. The summed E-state index contributed by atoms with van der Waals surface area (Å²) in [4.78, 5) is 11.8. The summed E-state index contributed by atoms with van der Waals surface area (Å²) in [6.07, 6.45) is 9.58. The number of esters is 1. The van der Waals surface area contributed by atoms with Crippen LogP contribution in [0.1, 0.15) is 107 Å². The Bertz CT molecular complexity index is 982. The van der Waals surface area contributed by atoms with Crippen LogP contribution < -0.4 is 0 Å². The highest BCUT2D eigenvalue weighted by atomic mass is 16.7. The second-order valence-corrected chi connectivity index (χ2v) is 15.2. The molecular weight excluding hydrogens is 576 g/mol. The lowest BCUT2D eigenvalue weighted by atomic mass is 9.77. The van der Waals surface area contributed by atoms with Gasteiger partial charge in [0.2, 0.25) is 0 Å². The molecule has 9 nitrogen and oxygen atoms in total. The predicted molar refractivity (Wildman–Crippen MR) is 172 cm³/mol. The fourth-order valence-corrected chi connectivity index (χ4v) is 8.17. The third-order valence-electron chi connectivity index (χ3n) is 10.6. The molecule has 4 aliphatic rings. The Labute approximate surface area is 272 Å². The van der Waals surface area contributed by atoms with Crippen LogP contribution in [-0.2, 0) is 42.7 Å². The van der Waals surface area contributed by atoms with E-state index in [0.29, 0.717) is 18.8 Å². The highest BCUT2D eigenvalue weighted by molar-refractivity contribution is 5.82. The fourth-order valence-electron chi connectivity index (χ4n) is 8.17. The summed E-state index contributed by atoms with van der Waals surface area (Å²) in [7, 11) is 3.53. The van der Waals surface area contributed by atoms with Crippen LogP contribution in [0.3, 0.4) is 0 Å². The summed E-state index contributed by atoms with van der Waals surface area (Å²) in [5.41, 5.74) is 0. The molecule has 0 saturated carbocycles. The van der Waals surface area contributed by atoms with Gasteiger partial charge in [0.15, 0.2) is 11.6 Å². The van der Waals surface area contributed by atoms with Gasteiger partial charge in [-0.05, 0) is 66.2 Å². The Morgan fingerprint density at radius 1 is 0.889 bits per heavy atom. The van der Waals surface area contributed by atoms with Gasteiger partial charge in [-0.25, -0.2) is 4.79 Å². The summed E-state index contributed by atoms with van der Waals surface area (Å²) >= 11 is 0. The molecule has 0 aliphatic carbocycles. The zero-order valence-electron chi connectivity index (χ0n) is 29.8. The van der Waals surface area contributed by atoms with Crippen LogP contribution in [0.5, 0.6) is 0 Å². The molecule has 260 valence electrons. The van der Waals surface area contributed by atoms with Gasteiger partial charge < -0.3 is 37.9 Å². The molecule has 3 fully saturated rings. The van der Waals surface area contributed by atoms with Crippen molar-refractivity contribution in [3.05, 3.63) is 12.2 Å². The van der Waals surface area contributed by atoms with E-state index in [0.717, 1.165) is 32.1 Å². The average molecular weight is 639 g/mol. The van der Waals surface area contributed by atoms with Crippen molar-refractivity contribution in [2.45, 2.75) is 174 Å². The van der Waals surface area contributed by atoms with Crippen molar-refractivity contribution in [2.75, 3.05) is 14.2 Å². The minimum Gasteiger partial charge on any atom is -0.459 e. The van der Waals surface area contributed by atoms with Crippen LogP contribution in [0.15, 0.2) is 12.2 Å². The molecule has 45 heavy (non-hydrogen) atoms. The first kappa shape index (κ1) is 36.8. The second kappa shape index (κ2) is 15.4. The molecule has 4 heterocycles. The minimum atomic E-state index is -0.762. The summed E-state index contributed by atoms with van der Waals surface area (Å²) in [6.45, 7) is 19.2. The van der Waals surface area contributed by atoms with Crippen molar-refractivity contribution in [1.29, 1.82) is 0 Å². The average Bonchev–Trinajstić information content (AvgIpc) is 2.97. The zero-order valence-corrected chi connectivity index (χ0v) is 29.8. The number of hydrogen-bond acceptors (Lipinski definition) is 9. The van der Waals surface area contributed by atoms with Crippen LogP contribution >= 0.6 is 0 Å². The number of carbonyl (C=O) groups excluding carboxylic acids is 1. The summed E-state index contributed by atoms with van der Waals surface area (Å²) in [5, 5.41) is 0. The van der Waals surface area contributed by atoms with Crippen LogP contribution in [0.2, 0.25) is 0 Å². The molecule has 0 unspecified atom stereocenters. The lowest BCUT2D eigenvalue weighted by Crippen LogP contribution is -2.58. The minimum absolute atomic E-state index is 0.0492. The van der Waals surface area contributed by atoms with Gasteiger partial charge in [0, 0.05) is 57.3 Å². The largest absolute Gasteiger partial charge is 0.459 e. The summed E-state index contributed by atoms with van der Waals surface area (Å²) in [5.74, 6) is -1.07. The molecule has 4 aliphatic heterocycles. The van der Waals surface area contributed by atoms with Gasteiger partial charge in [0.25, 0.3) is 0 Å². The van der Waals surface area contributed by atoms with Crippen molar-refractivity contribution >= 4 is 5.97 Å². The molecule has 4 rings (SSSR count). The predicted octanol–water partition coefficient (Wildman–Crippen LogP) is 6.60. The van der Waals surface area contributed by atoms with Gasteiger partial charge in [-0.15, -0.1) is 0 Å². The van der Waals surface area contributed by atoms with E-state index in [-0.39, 0.29) is 78.7 Å². The van der Waals surface area contributed by atoms with E-state index in [9.17, 15) is 4.79 Å². The Kier molecular flexibility index (Phi) is 12.6.